The highest BCUT2D eigenvalue weighted by molar-refractivity contribution is 6.31. The van der Waals surface area contributed by atoms with Crippen molar-refractivity contribution in [3.63, 3.8) is 0 Å². The maximum absolute atomic E-state index is 6.09. The predicted octanol–water partition coefficient (Wildman–Crippen LogP) is 3.22. The van der Waals surface area contributed by atoms with E-state index in [9.17, 15) is 0 Å². The minimum Gasteiger partial charge on any atom is -0.487 e. The van der Waals surface area contributed by atoms with E-state index >= 15 is 0 Å². The van der Waals surface area contributed by atoms with Gasteiger partial charge in [-0.05, 0) is 37.1 Å². The number of nitrogens with zero attached hydrogens (tertiary/aromatic N) is 1. The Morgan fingerprint density at radius 3 is 2.53 bits per heavy atom. The van der Waals surface area contributed by atoms with Gasteiger partial charge in [-0.15, -0.1) is 0 Å². The molecule has 0 aliphatic rings. The Bertz CT molecular complexity index is 567. The standard InChI is InChI=1S/C14H16ClN3O/c1-9-4-3-5-10(2)14(9)19-8-12-11(15)6-7-13(17-12)18-16/h3-7H,8,16H2,1-2H3,(H,17,18). The van der Waals surface area contributed by atoms with Crippen LogP contribution in [0.2, 0.25) is 5.02 Å². The zero-order valence-corrected chi connectivity index (χ0v) is 11.7. The molecule has 1 heterocycles. The van der Waals surface area contributed by atoms with Crippen LogP contribution in [0.15, 0.2) is 30.3 Å². The Morgan fingerprint density at radius 2 is 1.89 bits per heavy atom. The van der Waals surface area contributed by atoms with Crippen molar-refractivity contribution in [1.82, 2.24) is 4.98 Å². The van der Waals surface area contributed by atoms with Crippen LogP contribution >= 0.6 is 11.6 Å². The number of hydrogen-bond acceptors (Lipinski definition) is 4. The summed E-state index contributed by atoms with van der Waals surface area (Å²) in [7, 11) is 0. The highest BCUT2D eigenvalue weighted by Gasteiger charge is 2.07. The van der Waals surface area contributed by atoms with Crippen LogP contribution in [-0.2, 0) is 6.61 Å². The van der Waals surface area contributed by atoms with Crippen molar-refractivity contribution in [3.05, 3.63) is 52.2 Å². The smallest absolute Gasteiger partial charge is 0.140 e. The summed E-state index contributed by atoms with van der Waals surface area (Å²) < 4.78 is 5.82. The second-order valence-corrected chi connectivity index (χ2v) is 4.69. The van der Waals surface area contributed by atoms with Gasteiger partial charge in [0.1, 0.15) is 18.2 Å². The summed E-state index contributed by atoms with van der Waals surface area (Å²) in [6.07, 6.45) is 0. The largest absolute Gasteiger partial charge is 0.487 e. The lowest BCUT2D eigenvalue weighted by Crippen LogP contribution is -2.10. The molecule has 0 aliphatic heterocycles. The number of benzene rings is 1. The fourth-order valence-corrected chi connectivity index (χ4v) is 1.99. The predicted molar refractivity (Wildman–Crippen MR) is 77.3 cm³/mol. The third kappa shape index (κ3) is 3.16. The van der Waals surface area contributed by atoms with Crippen molar-refractivity contribution in [2.45, 2.75) is 20.5 Å². The summed E-state index contributed by atoms with van der Waals surface area (Å²) in [5, 5.41) is 0.560. The fraction of sp³-hybridized carbons (Fsp3) is 0.214. The second kappa shape index (κ2) is 5.91. The quantitative estimate of drug-likeness (QED) is 0.665. The summed E-state index contributed by atoms with van der Waals surface area (Å²) in [4.78, 5) is 4.27. The van der Waals surface area contributed by atoms with E-state index in [1.165, 1.54) is 0 Å². The van der Waals surface area contributed by atoms with Crippen LogP contribution in [0.5, 0.6) is 5.75 Å². The molecule has 4 nitrogen and oxygen atoms in total. The fourth-order valence-electron chi connectivity index (χ4n) is 1.83. The molecule has 0 saturated carbocycles. The van der Waals surface area contributed by atoms with Crippen LogP contribution in [0.4, 0.5) is 5.82 Å². The lowest BCUT2D eigenvalue weighted by molar-refractivity contribution is 0.297. The number of pyridine rings is 1. The van der Waals surface area contributed by atoms with Gasteiger partial charge in [0.2, 0.25) is 0 Å². The number of nitrogens with two attached hydrogens (primary N) is 1. The van der Waals surface area contributed by atoms with Gasteiger partial charge in [0, 0.05) is 0 Å². The van der Waals surface area contributed by atoms with Crippen LogP contribution in [0.25, 0.3) is 0 Å². The Kier molecular flexibility index (Phi) is 4.24. The number of halogens is 1. The SMILES string of the molecule is Cc1cccc(C)c1OCc1nc(NN)ccc1Cl. The van der Waals surface area contributed by atoms with Gasteiger partial charge >= 0.3 is 0 Å². The molecule has 0 saturated heterocycles. The van der Waals surface area contributed by atoms with Gasteiger partial charge in [0.05, 0.1) is 10.7 Å². The zero-order chi connectivity index (χ0) is 13.8. The number of hydrogen-bond donors (Lipinski definition) is 2. The number of aryl methyl sites for hydroxylation is 2. The number of para-hydroxylation sites is 1. The first-order valence-corrected chi connectivity index (χ1v) is 6.30. The molecule has 0 atom stereocenters. The molecular formula is C14H16ClN3O. The molecule has 0 spiro atoms. The van der Waals surface area contributed by atoms with Crippen LogP contribution in [0.3, 0.4) is 0 Å². The van der Waals surface area contributed by atoms with Crippen molar-refractivity contribution in [3.8, 4) is 5.75 Å². The molecular weight excluding hydrogens is 262 g/mol. The van der Waals surface area contributed by atoms with Gasteiger partial charge in [-0.3, -0.25) is 0 Å². The molecule has 2 rings (SSSR count). The first-order chi connectivity index (χ1) is 9.11. The summed E-state index contributed by atoms with van der Waals surface area (Å²) in [6, 6.07) is 9.48. The third-order valence-corrected chi connectivity index (χ3v) is 3.17. The summed E-state index contributed by atoms with van der Waals surface area (Å²) in [5.74, 6) is 6.75. The minimum atomic E-state index is 0.306. The number of nitrogens with one attached hydrogen (secondary N) is 1. The Balaban J connectivity index is 2.19. The van der Waals surface area contributed by atoms with E-state index in [1.807, 2.05) is 32.0 Å². The molecule has 3 N–H and O–H groups in total. The molecule has 100 valence electrons. The van der Waals surface area contributed by atoms with Gasteiger partial charge in [0.25, 0.3) is 0 Å². The topological polar surface area (TPSA) is 60.2 Å². The molecule has 0 bridgehead atoms. The lowest BCUT2D eigenvalue weighted by atomic mass is 10.1. The van der Waals surface area contributed by atoms with E-state index in [-0.39, 0.29) is 0 Å². The molecule has 1 aromatic carbocycles. The number of nitrogen functional groups attached to an aromatic ring is 1. The van der Waals surface area contributed by atoms with Crippen molar-refractivity contribution >= 4 is 17.4 Å². The average Bonchev–Trinajstić information content (AvgIpc) is 2.40. The summed E-state index contributed by atoms with van der Waals surface area (Å²) >= 11 is 6.09. The second-order valence-electron chi connectivity index (χ2n) is 4.28. The van der Waals surface area contributed by atoms with Gasteiger partial charge < -0.3 is 10.2 Å². The molecule has 0 aliphatic carbocycles. The van der Waals surface area contributed by atoms with E-state index < -0.39 is 0 Å². The highest BCUT2D eigenvalue weighted by Crippen LogP contribution is 2.25. The van der Waals surface area contributed by atoms with E-state index in [0.29, 0.717) is 23.1 Å². The zero-order valence-electron chi connectivity index (χ0n) is 10.9. The van der Waals surface area contributed by atoms with E-state index in [0.717, 1.165) is 16.9 Å². The normalized spacial score (nSPS) is 10.3. The van der Waals surface area contributed by atoms with E-state index in [2.05, 4.69) is 10.4 Å². The monoisotopic (exact) mass is 277 g/mol. The van der Waals surface area contributed by atoms with Crippen LogP contribution in [-0.4, -0.2) is 4.98 Å². The maximum atomic E-state index is 6.09. The van der Waals surface area contributed by atoms with Crippen molar-refractivity contribution in [2.75, 3.05) is 5.43 Å². The summed E-state index contributed by atoms with van der Waals surface area (Å²) in [5.41, 5.74) is 5.32. The number of hydrazine groups is 1. The van der Waals surface area contributed by atoms with E-state index in [1.54, 1.807) is 12.1 Å². The van der Waals surface area contributed by atoms with Crippen molar-refractivity contribution < 1.29 is 4.74 Å². The average molecular weight is 278 g/mol. The molecule has 5 heteroatoms. The van der Waals surface area contributed by atoms with Crippen molar-refractivity contribution in [2.24, 2.45) is 5.84 Å². The van der Waals surface area contributed by atoms with E-state index in [4.69, 9.17) is 22.2 Å². The Hall–Kier alpha value is -1.78. The maximum Gasteiger partial charge on any atom is 0.140 e. The van der Waals surface area contributed by atoms with Gasteiger partial charge in [-0.1, -0.05) is 29.8 Å². The molecule has 0 fully saturated rings. The first kappa shape index (κ1) is 13.6. The molecule has 0 radical (unpaired) electrons. The molecule has 2 aromatic rings. The molecule has 0 amide bonds. The third-order valence-electron chi connectivity index (χ3n) is 2.83. The minimum absolute atomic E-state index is 0.306. The number of ether oxygens (including phenoxy) is 1. The van der Waals surface area contributed by atoms with Crippen LogP contribution in [0.1, 0.15) is 16.8 Å². The van der Waals surface area contributed by atoms with Crippen LogP contribution < -0.4 is 16.0 Å². The van der Waals surface area contributed by atoms with Gasteiger partial charge in [-0.25, -0.2) is 10.8 Å². The Morgan fingerprint density at radius 1 is 1.21 bits per heavy atom. The summed E-state index contributed by atoms with van der Waals surface area (Å²) in [6.45, 7) is 4.32. The molecule has 1 aromatic heterocycles. The molecule has 0 unspecified atom stereocenters. The first-order valence-electron chi connectivity index (χ1n) is 5.93. The van der Waals surface area contributed by atoms with Crippen molar-refractivity contribution in [1.29, 1.82) is 0 Å². The number of rotatable bonds is 4. The van der Waals surface area contributed by atoms with Gasteiger partial charge in [0.15, 0.2) is 0 Å². The van der Waals surface area contributed by atoms with Crippen LogP contribution in [0, 0.1) is 13.8 Å². The van der Waals surface area contributed by atoms with Gasteiger partial charge in [-0.2, -0.15) is 0 Å². The number of anilines is 1. The molecule has 19 heavy (non-hydrogen) atoms. The Labute approximate surface area is 117 Å². The lowest BCUT2D eigenvalue weighted by Gasteiger charge is -2.12. The number of aromatic nitrogens is 1. The highest BCUT2D eigenvalue weighted by atomic mass is 35.5.